The van der Waals surface area contributed by atoms with Gasteiger partial charge in [-0.15, -0.1) is 0 Å². The van der Waals surface area contributed by atoms with Crippen LogP contribution < -0.4 is 10.6 Å². The molecule has 0 fully saturated rings. The molecule has 0 aromatic heterocycles. The van der Waals surface area contributed by atoms with Crippen LogP contribution in [0.5, 0.6) is 0 Å². The summed E-state index contributed by atoms with van der Waals surface area (Å²) in [5.41, 5.74) is 0.402. The SMILES string of the molecule is COC(=O)C[C@H](NC(=O)CNC(=O)c1ccccc1)C(=O)OC. The minimum absolute atomic E-state index is 0.345. The molecule has 1 atom stereocenters. The van der Waals surface area contributed by atoms with Gasteiger partial charge in [0.25, 0.3) is 5.91 Å². The van der Waals surface area contributed by atoms with Gasteiger partial charge in [-0.2, -0.15) is 0 Å². The van der Waals surface area contributed by atoms with Crippen molar-refractivity contribution in [1.82, 2.24) is 10.6 Å². The van der Waals surface area contributed by atoms with Crippen LogP contribution in [0, 0.1) is 0 Å². The lowest BCUT2D eigenvalue weighted by Crippen LogP contribution is -2.47. The van der Waals surface area contributed by atoms with E-state index in [9.17, 15) is 19.2 Å². The maximum atomic E-state index is 11.8. The van der Waals surface area contributed by atoms with Crippen molar-refractivity contribution in [1.29, 1.82) is 0 Å². The molecular weight excluding hydrogens is 304 g/mol. The molecule has 2 amide bonds. The van der Waals surface area contributed by atoms with Gasteiger partial charge in [0, 0.05) is 5.56 Å². The topological polar surface area (TPSA) is 111 Å². The number of benzene rings is 1. The molecular formula is C15H18N2O6. The molecule has 23 heavy (non-hydrogen) atoms. The molecule has 1 aromatic rings. The Hall–Kier alpha value is -2.90. The standard InChI is InChI=1S/C15H18N2O6/c1-22-13(19)8-11(15(21)23-2)17-12(18)9-16-14(20)10-6-4-3-5-7-10/h3-7,11H,8-9H2,1-2H3,(H,16,20)(H,17,18)/t11-/m0/s1. The Labute approximate surface area is 133 Å². The molecule has 0 saturated heterocycles. The van der Waals surface area contributed by atoms with Gasteiger partial charge < -0.3 is 20.1 Å². The summed E-state index contributed by atoms with van der Waals surface area (Å²) in [4.78, 5) is 46.3. The minimum Gasteiger partial charge on any atom is -0.469 e. The highest BCUT2D eigenvalue weighted by Gasteiger charge is 2.25. The average Bonchev–Trinajstić information content (AvgIpc) is 2.58. The molecule has 124 valence electrons. The van der Waals surface area contributed by atoms with Gasteiger partial charge in [-0.3, -0.25) is 14.4 Å². The van der Waals surface area contributed by atoms with Crippen LogP contribution in [-0.2, 0) is 23.9 Å². The number of methoxy groups -OCH3 is 2. The number of hydrogen-bond acceptors (Lipinski definition) is 6. The van der Waals surface area contributed by atoms with Crippen molar-refractivity contribution in [3.05, 3.63) is 35.9 Å². The van der Waals surface area contributed by atoms with E-state index < -0.39 is 29.8 Å². The van der Waals surface area contributed by atoms with Crippen molar-refractivity contribution in [3.8, 4) is 0 Å². The summed E-state index contributed by atoms with van der Waals surface area (Å²) >= 11 is 0. The van der Waals surface area contributed by atoms with E-state index in [1.165, 1.54) is 7.11 Å². The molecule has 1 rings (SSSR count). The number of carbonyl (C=O) groups excluding carboxylic acids is 4. The van der Waals surface area contributed by atoms with Crippen LogP contribution in [0.15, 0.2) is 30.3 Å². The number of ether oxygens (including phenoxy) is 2. The Morgan fingerprint density at radius 3 is 2.26 bits per heavy atom. The fourth-order valence-electron chi connectivity index (χ4n) is 1.68. The van der Waals surface area contributed by atoms with E-state index in [4.69, 9.17) is 0 Å². The van der Waals surface area contributed by atoms with Crippen LogP contribution in [-0.4, -0.2) is 50.6 Å². The van der Waals surface area contributed by atoms with Crippen LogP contribution in [0.1, 0.15) is 16.8 Å². The fraction of sp³-hybridized carbons (Fsp3) is 0.333. The fourth-order valence-corrected chi connectivity index (χ4v) is 1.68. The Morgan fingerprint density at radius 1 is 1.04 bits per heavy atom. The third-order valence-corrected chi connectivity index (χ3v) is 2.86. The first kappa shape index (κ1) is 18.1. The first-order valence-corrected chi connectivity index (χ1v) is 6.75. The number of nitrogens with one attached hydrogen (secondary N) is 2. The van der Waals surface area contributed by atoms with Gasteiger partial charge >= 0.3 is 11.9 Å². The Balaban J connectivity index is 2.53. The maximum absolute atomic E-state index is 11.8. The van der Waals surface area contributed by atoms with Crippen molar-refractivity contribution >= 4 is 23.8 Å². The Kier molecular flexibility index (Phi) is 7.25. The lowest BCUT2D eigenvalue weighted by Gasteiger charge is -2.15. The smallest absolute Gasteiger partial charge is 0.328 e. The lowest BCUT2D eigenvalue weighted by atomic mass is 10.2. The second kappa shape index (κ2) is 9.19. The zero-order chi connectivity index (χ0) is 17.2. The zero-order valence-corrected chi connectivity index (χ0v) is 12.8. The second-order valence-electron chi connectivity index (χ2n) is 4.47. The Bertz CT molecular complexity index is 573. The number of carbonyl (C=O) groups is 4. The van der Waals surface area contributed by atoms with Crippen molar-refractivity contribution in [3.63, 3.8) is 0 Å². The van der Waals surface area contributed by atoms with Crippen LogP contribution in [0.4, 0.5) is 0 Å². The van der Waals surface area contributed by atoms with Crippen molar-refractivity contribution in [2.75, 3.05) is 20.8 Å². The van der Waals surface area contributed by atoms with Gasteiger partial charge in [0.2, 0.25) is 5.91 Å². The predicted molar refractivity (Wildman–Crippen MR) is 79.4 cm³/mol. The summed E-state index contributed by atoms with van der Waals surface area (Å²) in [6.07, 6.45) is -0.360. The van der Waals surface area contributed by atoms with Crippen molar-refractivity contribution in [2.45, 2.75) is 12.5 Å². The van der Waals surface area contributed by atoms with Crippen molar-refractivity contribution < 1.29 is 28.7 Å². The van der Waals surface area contributed by atoms with E-state index in [1.807, 2.05) is 0 Å². The van der Waals surface area contributed by atoms with E-state index >= 15 is 0 Å². The van der Waals surface area contributed by atoms with Gasteiger partial charge in [-0.25, -0.2) is 4.79 Å². The quantitative estimate of drug-likeness (QED) is 0.663. The molecule has 2 N–H and O–H groups in total. The summed E-state index contributed by atoms with van der Waals surface area (Å²) in [5, 5.41) is 4.72. The largest absolute Gasteiger partial charge is 0.469 e. The van der Waals surface area contributed by atoms with E-state index in [1.54, 1.807) is 30.3 Å². The highest BCUT2D eigenvalue weighted by Crippen LogP contribution is 1.99. The predicted octanol–water partition coefficient (Wildman–Crippen LogP) is -0.363. The molecule has 1 aromatic carbocycles. The molecule has 0 saturated carbocycles. The van der Waals surface area contributed by atoms with E-state index in [0.29, 0.717) is 5.56 Å². The summed E-state index contributed by atoms with van der Waals surface area (Å²) < 4.78 is 8.95. The summed E-state index contributed by atoms with van der Waals surface area (Å²) in [5.74, 6) is -2.51. The van der Waals surface area contributed by atoms with E-state index in [2.05, 4.69) is 20.1 Å². The van der Waals surface area contributed by atoms with Gasteiger partial charge in [-0.05, 0) is 12.1 Å². The van der Waals surface area contributed by atoms with Crippen LogP contribution >= 0.6 is 0 Å². The maximum Gasteiger partial charge on any atom is 0.328 e. The molecule has 0 aliphatic rings. The first-order valence-electron chi connectivity index (χ1n) is 6.75. The average molecular weight is 322 g/mol. The van der Waals surface area contributed by atoms with Crippen LogP contribution in [0.3, 0.4) is 0 Å². The van der Waals surface area contributed by atoms with Crippen LogP contribution in [0.2, 0.25) is 0 Å². The van der Waals surface area contributed by atoms with Gasteiger partial charge in [0.1, 0.15) is 6.04 Å². The molecule has 0 aliphatic heterocycles. The van der Waals surface area contributed by atoms with Crippen molar-refractivity contribution in [2.24, 2.45) is 0 Å². The third-order valence-electron chi connectivity index (χ3n) is 2.86. The van der Waals surface area contributed by atoms with Gasteiger partial charge in [0.15, 0.2) is 0 Å². The van der Waals surface area contributed by atoms with E-state index in [0.717, 1.165) is 7.11 Å². The Morgan fingerprint density at radius 2 is 1.70 bits per heavy atom. The molecule has 0 bridgehead atoms. The zero-order valence-electron chi connectivity index (χ0n) is 12.8. The molecule has 0 aliphatic carbocycles. The summed E-state index contributed by atoms with van der Waals surface area (Å²) in [7, 11) is 2.30. The molecule has 0 unspecified atom stereocenters. The highest BCUT2D eigenvalue weighted by atomic mass is 16.5. The lowest BCUT2D eigenvalue weighted by molar-refractivity contribution is -0.150. The minimum atomic E-state index is -1.17. The highest BCUT2D eigenvalue weighted by molar-refractivity contribution is 5.97. The number of hydrogen-bond donors (Lipinski definition) is 2. The molecule has 8 heteroatoms. The molecule has 8 nitrogen and oxygen atoms in total. The summed E-state index contributed by atoms with van der Waals surface area (Å²) in [6.45, 7) is -0.345. The van der Waals surface area contributed by atoms with Crippen LogP contribution in [0.25, 0.3) is 0 Å². The first-order chi connectivity index (χ1) is 11.0. The third kappa shape index (κ3) is 6.16. The van der Waals surface area contributed by atoms with E-state index in [-0.39, 0.29) is 13.0 Å². The number of rotatable bonds is 7. The number of amides is 2. The second-order valence-corrected chi connectivity index (χ2v) is 4.47. The molecule has 0 spiro atoms. The monoisotopic (exact) mass is 322 g/mol. The van der Waals surface area contributed by atoms with Gasteiger partial charge in [-0.1, -0.05) is 18.2 Å². The number of esters is 2. The molecule has 0 radical (unpaired) electrons. The van der Waals surface area contributed by atoms with Gasteiger partial charge in [0.05, 0.1) is 27.2 Å². The normalized spacial score (nSPS) is 11.0. The summed E-state index contributed by atoms with van der Waals surface area (Å²) in [6, 6.07) is 7.17. The molecule has 0 heterocycles.